The number of sulfonamides is 1. The molecule has 2 rings (SSSR count). The predicted octanol–water partition coefficient (Wildman–Crippen LogP) is 1.98. The van der Waals surface area contributed by atoms with Crippen molar-refractivity contribution in [3.8, 4) is 0 Å². The number of para-hydroxylation sites is 1. The van der Waals surface area contributed by atoms with Gasteiger partial charge in [0.05, 0.1) is 11.4 Å². The lowest BCUT2D eigenvalue weighted by atomic mass is 10.1. The SMILES string of the molecule is CN=C(NCCCC(C)C)NCCS(=O)(=O)N1CCc2ccccc21. The molecule has 1 aliphatic heterocycles. The number of fused-ring (bicyclic) bond motifs is 1. The summed E-state index contributed by atoms with van der Waals surface area (Å²) in [6, 6.07) is 7.70. The quantitative estimate of drug-likeness (QED) is 0.419. The number of rotatable bonds is 8. The molecule has 1 aromatic rings. The summed E-state index contributed by atoms with van der Waals surface area (Å²) >= 11 is 0. The van der Waals surface area contributed by atoms with Crippen molar-refractivity contribution in [1.29, 1.82) is 0 Å². The van der Waals surface area contributed by atoms with Gasteiger partial charge < -0.3 is 10.6 Å². The molecule has 140 valence electrons. The fourth-order valence-electron chi connectivity index (χ4n) is 2.94. The predicted molar refractivity (Wildman–Crippen MR) is 105 cm³/mol. The number of hydrogen-bond acceptors (Lipinski definition) is 3. The van der Waals surface area contributed by atoms with E-state index in [4.69, 9.17) is 0 Å². The van der Waals surface area contributed by atoms with Crippen LogP contribution in [0, 0.1) is 5.92 Å². The molecular formula is C18H30N4O2S. The van der Waals surface area contributed by atoms with Gasteiger partial charge in [-0.05, 0) is 36.8 Å². The average Bonchev–Trinajstić information content (AvgIpc) is 3.01. The van der Waals surface area contributed by atoms with Gasteiger partial charge in [-0.3, -0.25) is 9.30 Å². The first kappa shape index (κ1) is 19.6. The normalized spacial score (nSPS) is 14.7. The lowest BCUT2D eigenvalue weighted by Crippen LogP contribution is -2.42. The fraction of sp³-hybridized carbons (Fsp3) is 0.611. The smallest absolute Gasteiger partial charge is 0.236 e. The molecule has 2 N–H and O–H groups in total. The third-order valence-corrected chi connectivity index (χ3v) is 6.08. The van der Waals surface area contributed by atoms with Crippen molar-refractivity contribution in [2.45, 2.75) is 33.1 Å². The second kappa shape index (κ2) is 9.08. The summed E-state index contributed by atoms with van der Waals surface area (Å²) in [6.45, 7) is 6.11. The largest absolute Gasteiger partial charge is 0.356 e. The molecule has 0 radical (unpaired) electrons. The Morgan fingerprint density at radius 3 is 2.68 bits per heavy atom. The number of guanidine groups is 1. The molecular weight excluding hydrogens is 336 g/mol. The molecule has 1 aromatic carbocycles. The van der Waals surface area contributed by atoms with Crippen LogP contribution >= 0.6 is 0 Å². The topological polar surface area (TPSA) is 73.8 Å². The van der Waals surface area contributed by atoms with Crippen molar-refractivity contribution < 1.29 is 8.42 Å². The van der Waals surface area contributed by atoms with Crippen molar-refractivity contribution in [2.24, 2.45) is 10.9 Å². The highest BCUT2D eigenvalue weighted by Gasteiger charge is 2.28. The van der Waals surface area contributed by atoms with E-state index in [0.717, 1.165) is 37.1 Å². The molecule has 1 heterocycles. The summed E-state index contributed by atoms with van der Waals surface area (Å²) < 4.78 is 26.8. The maximum atomic E-state index is 12.6. The Morgan fingerprint density at radius 1 is 1.24 bits per heavy atom. The van der Waals surface area contributed by atoms with Gasteiger partial charge in [0, 0.05) is 26.7 Å². The highest BCUT2D eigenvalue weighted by atomic mass is 32.2. The molecule has 0 saturated heterocycles. The summed E-state index contributed by atoms with van der Waals surface area (Å²) in [5.74, 6) is 1.39. The molecule has 0 fully saturated rings. The Morgan fingerprint density at radius 2 is 1.96 bits per heavy atom. The average molecular weight is 367 g/mol. The molecule has 0 aliphatic carbocycles. The molecule has 0 spiro atoms. The van der Waals surface area contributed by atoms with E-state index in [0.29, 0.717) is 25.0 Å². The lowest BCUT2D eigenvalue weighted by Gasteiger charge is -2.20. The second-order valence-corrected chi connectivity index (χ2v) is 8.74. The number of nitrogens with one attached hydrogen (secondary N) is 2. The van der Waals surface area contributed by atoms with Crippen molar-refractivity contribution >= 4 is 21.7 Å². The van der Waals surface area contributed by atoms with Gasteiger partial charge in [-0.1, -0.05) is 32.0 Å². The van der Waals surface area contributed by atoms with E-state index >= 15 is 0 Å². The van der Waals surface area contributed by atoms with E-state index in [-0.39, 0.29) is 5.75 Å². The maximum Gasteiger partial charge on any atom is 0.236 e. The number of hydrogen-bond donors (Lipinski definition) is 2. The second-order valence-electron chi connectivity index (χ2n) is 6.73. The van der Waals surface area contributed by atoms with Crippen LogP contribution in [0.1, 0.15) is 32.3 Å². The van der Waals surface area contributed by atoms with E-state index in [1.165, 1.54) is 4.31 Å². The molecule has 0 amide bonds. The molecule has 0 aromatic heterocycles. The van der Waals surface area contributed by atoms with Crippen LogP contribution in [0.4, 0.5) is 5.69 Å². The van der Waals surface area contributed by atoms with E-state index in [9.17, 15) is 8.42 Å². The molecule has 7 heteroatoms. The van der Waals surface area contributed by atoms with E-state index in [1.54, 1.807) is 7.05 Å². The third-order valence-electron chi connectivity index (χ3n) is 4.31. The van der Waals surface area contributed by atoms with Crippen LogP contribution in [-0.4, -0.2) is 46.8 Å². The minimum absolute atomic E-state index is 0.0496. The lowest BCUT2D eigenvalue weighted by molar-refractivity contribution is 0.549. The van der Waals surface area contributed by atoms with E-state index < -0.39 is 10.0 Å². The monoisotopic (exact) mass is 366 g/mol. The van der Waals surface area contributed by atoms with Gasteiger partial charge in [0.15, 0.2) is 5.96 Å². The van der Waals surface area contributed by atoms with Crippen LogP contribution in [0.15, 0.2) is 29.3 Å². The van der Waals surface area contributed by atoms with Crippen molar-refractivity contribution in [2.75, 3.05) is 36.7 Å². The summed E-state index contributed by atoms with van der Waals surface area (Å²) in [6.07, 6.45) is 3.01. The zero-order chi connectivity index (χ0) is 18.3. The van der Waals surface area contributed by atoms with E-state index in [1.807, 2.05) is 24.3 Å². The van der Waals surface area contributed by atoms with Crippen LogP contribution in [0.3, 0.4) is 0 Å². The minimum Gasteiger partial charge on any atom is -0.356 e. The summed E-state index contributed by atoms with van der Waals surface area (Å²) in [7, 11) is -1.63. The minimum atomic E-state index is -3.33. The van der Waals surface area contributed by atoms with Crippen LogP contribution < -0.4 is 14.9 Å². The first-order chi connectivity index (χ1) is 11.9. The summed E-state index contributed by atoms with van der Waals surface area (Å²) in [4.78, 5) is 4.14. The van der Waals surface area contributed by atoms with Gasteiger partial charge in [-0.15, -0.1) is 0 Å². The number of benzene rings is 1. The Kier molecular flexibility index (Phi) is 7.11. The molecule has 0 unspecified atom stereocenters. The first-order valence-corrected chi connectivity index (χ1v) is 10.6. The summed E-state index contributed by atoms with van der Waals surface area (Å²) in [5.41, 5.74) is 1.92. The van der Waals surface area contributed by atoms with Gasteiger partial charge in [-0.25, -0.2) is 8.42 Å². The molecule has 6 nitrogen and oxygen atoms in total. The zero-order valence-electron chi connectivity index (χ0n) is 15.5. The number of nitrogens with zero attached hydrogens (tertiary/aromatic N) is 2. The molecule has 0 saturated carbocycles. The van der Waals surface area contributed by atoms with Crippen molar-refractivity contribution in [3.05, 3.63) is 29.8 Å². The fourth-order valence-corrected chi connectivity index (χ4v) is 4.37. The van der Waals surface area contributed by atoms with Crippen molar-refractivity contribution in [1.82, 2.24) is 10.6 Å². The van der Waals surface area contributed by atoms with Crippen LogP contribution in [0.5, 0.6) is 0 Å². The standard InChI is InChI=1S/C18H30N4O2S/c1-15(2)7-6-11-20-18(19-3)21-12-14-25(23,24)22-13-10-16-8-4-5-9-17(16)22/h4-5,8-9,15H,6-7,10-14H2,1-3H3,(H2,19,20,21). The van der Waals surface area contributed by atoms with Gasteiger partial charge >= 0.3 is 0 Å². The van der Waals surface area contributed by atoms with Crippen molar-refractivity contribution in [3.63, 3.8) is 0 Å². The van der Waals surface area contributed by atoms with Gasteiger partial charge in [0.2, 0.25) is 10.0 Å². The third kappa shape index (κ3) is 5.63. The zero-order valence-corrected chi connectivity index (χ0v) is 16.3. The molecule has 0 bridgehead atoms. The Hall–Kier alpha value is -1.76. The van der Waals surface area contributed by atoms with E-state index in [2.05, 4.69) is 29.5 Å². The molecule has 1 aliphatic rings. The van der Waals surface area contributed by atoms with Crippen LogP contribution in [-0.2, 0) is 16.4 Å². The van der Waals surface area contributed by atoms with Gasteiger partial charge in [0.25, 0.3) is 0 Å². The number of anilines is 1. The highest BCUT2D eigenvalue weighted by Crippen LogP contribution is 2.29. The van der Waals surface area contributed by atoms with Gasteiger partial charge in [0.1, 0.15) is 0 Å². The highest BCUT2D eigenvalue weighted by molar-refractivity contribution is 7.92. The first-order valence-electron chi connectivity index (χ1n) is 8.97. The summed E-state index contributed by atoms with van der Waals surface area (Å²) in [5, 5.41) is 6.32. The molecule has 25 heavy (non-hydrogen) atoms. The Labute approximate surface area is 151 Å². The Balaban J connectivity index is 1.80. The Bertz CT molecular complexity index is 686. The van der Waals surface area contributed by atoms with Crippen LogP contribution in [0.2, 0.25) is 0 Å². The van der Waals surface area contributed by atoms with Crippen LogP contribution in [0.25, 0.3) is 0 Å². The van der Waals surface area contributed by atoms with Gasteiger partial charge in [-0.2, -0.15) is 0 Å². The molecule has 0 atom stereocenters. The maximum absolute atomic E-state index is 12.6. The number of aliphatic imine (C=N–C) groups is 1.